The van der Waals surface area contributed by atoms with Crippen LogP contribution < -0.4 is 5.32 Å². The van der Waals surface area contributed by atoms with Crippen LogP contribution in [-0.4, -0.2) is 16.1 Å². The Bertz CT molecular complexity index is 845. The number of carboxylic acids is 1. The van der Waals surface area contributed by atoms with E-state index in [1.54, 1.807) is 0 Å². The van der Waals surface area contributed by atoms with Crippen molar-refractivity contribution in [2.24, 2.45) is 0 Å². The van der Waals surface area contributed by atoms with Crippen LogP contribution in [0.3, 0.4) is 0 Å². The average Bonchev–Trinajstić information content (AvgIpc) is 2.82. The van der Waals surface area contributed by atoms with Crippen molar-refractivity contribution >= 4 is 38.3 Å². The van der Waals surface area contributed by atoms with E-state index in [9.17, 15) is 9.18 Å². The molecule has 0 amide bonds. The zero-order valence-corrected chi connectivity index (χ0v) is 11.9. The van der Waals surface area contributed by atoms with Gasteiger partial charge in [-0.1, -0.05) is 23.5 Å². The molecule has 1 heterocycles. The van der Waals surface area contributed by atoms with Gasteiger partial charge < -0.3 is 10.4 Å². The van der Waals surface area contributed by atoms with Gasteiger partial charge in [-0.05, 0) is 36.8 Å². The molecule has 0 radical (unpaired) electrons. The molecule has 2 N–H and O–H groups in total. The quantitative estimate of drug-likeness (QED) is 0.761. The molecule has 0 aliphatic rings. The number of nitrogens with one attached hydrogen (secondary N) is 1. The van der Waals surface area contributed by atoms with Crippen LogP contribution in [0, 0.1) is 12.7 Å². The number of fused-ring (bicyclic) bond motifs is 1. The van der Waals surface area contributed by atoms with E-state index >= 15 is 0 Å². The number of thiazole rings is 1. The van der Waals surface area contributed by atoms with Crippen LogP contribution >= 0.6 is 11.3 Å². The van der Waals surface area contributed by atoms with Gasteiger partial charge in [-0.3, -0.25) is 0 Å². The predicted octanol–water partition coefficient (Wildman–Crippen LogP) is 4.19. The molecule has 0 spiro atoms. The minimum absolute atomic E-state index is 0.0687. The Hall–Kier alpha value is -2.47. The highest BCUT2D eigenvalue weighted by Crippen LogP contribution is 2.31. The first-order valence-electron chi connectivity index (χ1n) is 6.20. The van der Waals surface area contributed by atoms with E-state index in [1.807, 2.05) is 25.1 Å². The van der Waals surface area contributed by atoms with Gasteiger partial charge in [-0.25, -0.2) is 14.2 Å². The summed E-state index contributed by atoms with van der Waals surface area (Å²) in [6.45, 7) is 1.98. The highest BCUT2D eigenvalue weighted by molar-refractivity contribution is 7.22. The first-order valence-corrected chi connectivity index (χ1v) is 7.02. The van der Waals surface area contributed by atoms with Crippen molar-refractivity contribution in [3.63, 3.8) is 0 Å². The van der Waals surface area contributed by atoms with Gasteiger partial charge in [0.25, 0.3) is 0 Å². The number of halogens is 1. The normalized spacial score (nSPS) is 10.8. The fourth-order valence-electron chi connectivity index (χ4n) is 2.02. The Morgan fingerprint density at radius 3 is 2.90 bits per heavy atom. The fraction of sp³-hybridized carbons (Fsp3) is 0.0667. The van der Waals surface area contributed by atoms with Crippen LogP contribution in [0.1, 0.15) is 15.9 Å². The third-order valence-electron chi connectivity index (χ3n) is 3.02. The molecule has 3 aromatic rings. The molecule has 0 saturated carbocycles. The lowest BCUT2D eigenvalue weighted by Gasteiger charge is -2.07. The summed E-state index contributed by atoms with van der Waals surface area (Å²) in [6.07, 6.45) is 0. The van der Waals surface area contributed by atoms with Crippen LogP contribution in [0.25, 0.3) is 10.2 Å². The minimum atomic E-state index is -1.19. The SMILES string of the molecule is Cc1ccc2nc(Nc3c(F)cccc3C(=O)O)sc2c1. The van der Waals surface area contributed by atoms with Gasteiger partial charge in [0.05, 0.1) is 21.5 Å². The number of aromatic carboxylic acids is 1. The Morgan fingerprint density at radius 1 is 1.33 bits per heavy atom. The van der Waals surface area contributed by atoms with Crippen molar-refractivity contribution in [3.05, 3.63) is 53.3 Å². The zero-order valence-electron chi connectivity index (χ0n) is 11.1. The minimum Gasteiger partial charge on any atom is -0.478 e. The monoisotopic (exact) mass is 302 g/mol. The van der Waals surface area contributed by atoms with Gasteiger partial charge in [-0.2, -0.15) is 0 Å². The number of aromatic nitrogens is 1. The lowest BCUT2D eigenvalue weighted by molar-refractivity contribution is 0.0697. The summed E-state index contributed by atoms with van der Waals surface area (Å²) >= 11 is 1.35. The predicted molar refractivity (Wildman–Crippen MR) is 81.0 cm³/mol. The highest BCUT2D eigenvalue weighted by atomic mass is 32.1. The molecule has 3 rings (SSSR count). The third-order valence-corrected chi connectivity index (χ3v) is 3.95. The zero-order chi connectivity index (χ0) is 15.0. The number of carboxylic acid groups (broad SMARTS) is 1. The van der Waals surface area contributed by atoms with Crippen molar-refractivity contribution in [3.8, 4) is 0 Å². The van der Waals surface area contributed by atoms with Crippen molar-refractivity contribution in [2.45, 2.75) is 6.92 Å². The second-order valence-electron chi connectivity index (χ2n) is 4.58. The van der Waals surface area contributed by atoms with Crippen molar-refractivity contribution in [1.82, 2.24) is 4.98 Å². The Kier molecular flexibility index (Phi) is 3.31. The second-order valence-corrected chi connectivity index (χ2v) is 5.61. The number of rotatable bonds is 3. The van der Waals surface area contributed by atoms with Crippen LogP contribution in [0.15, 0.2) is 36.4 Å². The molecule has 0 saturated heterocycles. The van der Waals surface area contributed by atoms with E-state index in [0.717, 1.165) is 15.8 Å². The number of aryl methyl sites for hydroxylation is 1. The maximum Gasteiger partial charge on any atom is 0.337 e. The largest absolute Gasteiger partial charge is 0.478 e. The van der Waals surface area contributed by atoms with Gasteiger partial charge in [0.15, 0.2) is 5.13 Å². The summed E-state index contributed by atoms with van der Waals surface area (Å²) in [6, 6.07) is 9.74. The summed E-state index contributed by atoms with van der Waals surface area (Å²) in [4.78, 5) is 15.5. The van der Waals surface area contributed by atoms with Crippen LogP contribution in [-0.2, 0) is 0 Å². The topological polar surface area (TPSA) is 62.2 Å². The molecule has 0 atom stereocenters. The first kappa shape index (κ1) is 13.5. The van der Waals surface area contributed by atoms with Gasteiger partial charge in [0, 0.05) is 0 Å². The van der Waals surface area contributed by atoms with E-state index in [4.69, 9.17) is 5.11 Å². The number of para-hydroxylation sites is 1. The Morgan fingerprint density at radius 2 is 2.14 bits per heavy atom. The van der Waals surface area contributed by atoms with E-state index in [1.165, 1.54) is 29.5 Å². The Balaban J connectivity index is 2.04. The molecule has 4 nitrogen and oxygen atoms in total. The summed E-state index contributed by atoms with van der Waals surface area (Å²) in [5.74, 6) is -1.81. The third kappa shape index (κ3) is 2.57. The maximum atomic E-state index is 13.9. The van der Waals surface area contributed by atoms with E-state index in [0.29, 0.717) is 5.13 Å². The molecule has 21 heavy (non-hydrogen) atoms. The number of hydrogen-bond donors (Lipinski definition) is 2. The molecule has 0 aliphatic carbocycles. The molecule has 0 aliphatic heterocycles. The van der Waals surface area contributed by atoms with Gasteiger partial charge >= 0.3 is 5.97 Å². The summed E-state index contributed by atoms with van der Waals surface area (Å²) in [7, 11) is 0. The van der Waals surface area contributed by atoms with Crippen molar-refractivity contribution < 1.29 is 14.3 Å². The second kappa shape index (κ2) is 5.14. The van der Waals surface area contributed by atoms with Gasteiger partial charge in [0.2, 0.25) is 0 Å². The standard InChI is InChI=1S/C15H11FN2O2S/c1-8-5-6-11-12(7-8)21-15(17-11)18-13-9(14(19)20)3-2-4-10(13)16/h2-7H,1H3,(H,17,18)(H,19,20). The average molecular weight is 302 g/mol. The molecule has 1 aromatic heterocycles. The van der Waals surface area contributed by atoms with Gasteiger partial charge in [0.1, 0.15) is 5.82 Å². The molecule has 6 heteroatoms. The summed E-state index contributed by atoms with van der Waals surface area (Å²) in [5, 5.41) is 12.4. The van der Waals surface area contributed by atoms with E-state index < -0.39 is 11.8 Å². The van der Waals surface area contributed by atoms with E-state index in [-0.39, 0.29) is 11.3 Å². The lowest BCUT2D eigenvalue weighted by Crippen LogP contribution is -2.04. The van der Waals surface area contributed by atoms with Gasteiger partial charge in [-0.15, -0.1) is 0 Å². The molecule has 0 unspecified atom stereocenters. The smallest absolute Gasteiger partial charge is 0.337 e. The molecular weight excluding hydrogens is 291 g/mol. The number of benzene rings is 2. The Labute approximate surface area is 123 Å². The van der Waals surface area contributed by atoms with E-state index in [2.05, 4.69) is 10.3 Å². The summed E-state index contributed by atoms with van der Waals surface area (Å²) in [5.41, 5.74) is 1.71. The van der Waals surface area contributed by atoms with Crippen molar-refractivity contribution in [1.29, 1.82) is 0 Å². The number of nitrogens with zero attached hydrogens (tertiary/aromatic N) is 1. The molecule has 0 fully saturated rings. The van der Waals surface area contributed by atoms with Crippen molar-refractivity contribution in [2.75, 3.05) is 5.32 Å². The van der Waals surface area contributed by atoms with Crippen LogP contribution in [0.4, 0.5) is 15.2 Å². The molecule has 2 aromatic carbocycles. The fourth-order valence-corrected chi connectivity index (χ4v) is 2.99. The molecule has 0 bridgehead atoms. The number of hydrogen-bond acceptors (Lipinski definition) is 4. The number of carbonyl (C=O) groups is 1. The summed E-state index contributed by atoms with van der Waals surface area (Å²) < 4.78 is 14.8. The molecule has 106 valence electrons. The molecular formula is C15H11FN2O2S. The number of anilines is 2. The maximum absolute atomic E-state index is 13.9. The van der Waals surface area contributed by atoms with Crippen LogP contribution in [0.5, 0.6) is 0 Å². The van der Waals surface area contributed by atoms with Crippen LogP contribution in [0.2, 0.25) is 0 Å². The highest BCUT2D eigenvalue weighted by Gasteiger charge is 2.15. The lowest BCUT2D eigenvalue weighted by atomic mass is 10.1. The first-order chi connectivity index (χ1) is 10.0.